The maximum Gasteiger partial charge on any atom is 0.222 e. The quantitative estimate of drug-likeness (QED) is 0.712. The molecule has 0 spiro atoms. The summed E-state index contributed by atoms with van der Waals surface area (Å²) in [6, 6.07) is 10.0. The molecule has 0 fully saturated rings. The zero-order valence-electron chi connectivity index (χ0n) is 15.5. The number of aryl methyl sites for hydroxylation is 1. The Balaban J connectivity index is 1.83. The van der Waals surface area contributed by atoms with Crippen LogP contribution >= 0.6 is 0 Å². The van der Waals surface area contributed by atoms with Gasteiger partial charge in [-0.25, -0.2) is 9.37 Å². The lowest BCUT2D eigenvalue weighted by atomic mass is 9.89. The highest BCUT2D eigenvalue weighted by Gasteiger charge is 2.26. The predicted octanol–water partition coefficient (Wildman–Crippen LogP) is 4.28. The summed E-state index contributed by atoms with van der Waals surface area (Å²) in [5, 5.41) is 2.68. The normalized spacial score (nSPS) is 13.3. The maximum absolute atomic E-state index is 13.7. The molecule has 4 rings (SSSR count). The molecule has 0 saturated heterocycles. The van der Waals surface area contributed by atoms with E-state index >= 15 is 0 Å². The van der Waals surface area contributed by atoms with Crippen molar-refractivity contribution in [3.8, 4) is 11.3 Å². The van der Waals surface area contributed by atoms with Crippen molar-refractivity contribution in [3.05, 3.63) is 70.8 Å². The number of ketones is 1. The van der Waals surface area contributed by atoms with E-state index in [1.807, 2.05) is 12.1 Å². The molecule has 1 aromatic carbocycles. The number of rotatable bonds is 4. The number of anilines is 1. The summed E-state index contributed by atoms with van der Waals surface area (Å²) in [5.74, 6) is 0.0594. The summed E-state index contributed by atoms with van der Waals surface area (Å²) < 4.78 is 13.7. The number of fused-ring (bicyclic) bond motifs is 1. The number of nitrogens with one attached hydrogen (secondary N) is 2. The fraction of sp³-hybridized carbons (Fsp3) is 0.227. The van der Waals surface area contributed by atoms with Gasteiger partial charge in [0.25, 0.3) is 0 Å². The van der Waals surface area contributed by atoms with Crippen LogP contribution in [-0.2, 0) is 17.6 Å². The van der Waals surface area contributed by atoms with Crippen molar-refractivity contribution >= 4 is 17.5 Å². The lowest BCUT2D eigenvalue weighted by Crippen LogP contribution is -2.11. The molecule has 0 bridgehead atoms. The van der Waals surface area contributed by atoms with Gasteiger partial charge in [-0.3, -0.25) is 9.59 Å². The minimum atomic E-state index is -0.299. The lowest BCUT2D eigenvalue weighted by molar-refractivity contribution is -0.114. The molecule has 2 heterocycles. The van der Waals surface area contributed by atoms with Crippen LogP contribution in [0.15, 0.2) is 42.6 Å². The van der Waals surface area contributed by atoms with Crippen molar-refractivity contribution in [3.63, 3.8) is 0 Å². The van der Waals surface area contributed by atoms with Crippen LogP contribution in [0.1, 0.15) is 46.9 Å². The first-order valence-corrected chi connectivity index (χ1v) is 9.26. The first-order chi connectivity index (χ1) is 13.5. The van der Waals surface area contributed by atoms with Gasteiger partial charge in [-0.2, -0.15) is 0 Å². The van der Waals surface area contributed by atoms with E-state index in [9.17, 15) is 14.0 Å². The van der Waals surface area contributed by atoms with Gasteiger partial charge in [0.05, 0.1) is 5.69 Å². The Hall–Kier alpha value is -3.28. The molecule has 1 aliphatic rings. The summed E-state index contributed by atoms with van der Waals surface area (Å²) in [5.41, 5.74) is 4.97. The monoisotopic (exact) mass is 377 g/mol. The number of carbonyl (C=O) groups excluding carboxylic acids is 2. The summed E-state index contributed by atoms with van der Waals surface area (Å²) in [7, 11) is 0. The molecule has 2 N–H and O–H groups in total. The molecular formula is C22H20FN3O2. The predicted molar refractivity (Wildman–Crippen MR) is 105 cm³/mol. The Bertz CT molecular complexity index is 1070. The number of aromatic nitrogens is 2. The Morgan fingerprint density at radius 2 is 2.11 bits per heavy atom. The number of pyridine rings is 1. The van der Waals surface area contributed by atoms with E-state index < -0.39 is 0 Å². The van der Waals surface area contributed by atoms with Crippen LogP contribution in [0.25, 0.3) is 11.3 Å². The van der Waals surface area contributed by atoms with E-state index in [1.165, 1.54) is 19.1 Å². The van der Waals surface area contributed by atoms with Crippen molar-refractivity contribution in [2.24, 2.45) is 0 Å². The maximum atomic E-state index is 13.7. The van der Waals surface area contributed by atoms with Crippen molar-refractivity contribution in [1.82, 2.24) is 9.97 Å². The van der Waals surface area contributed by atoms with Gasteiger partial charge in [0, 0.05) is 42.8 Å². The Morgan fingerprint density at radius 3 is 2.89 bits per heavy atom. The average molecular weight is 377 g/mol. The molecule has 0 aliphatic heterocycles. The summed E-state index contributed by atoms with van der Waals surface area (Å²) in [6.07, 6.45) is 4.21. The number of aromatic amines is 1. The minimum Gasteiger partial charge on any atom is -0.358 e. The van der Waals surface area contributed by atoms with Crippen molar-refractivity contribution in [2.75, 3.05) is 5.32 Å². The van der Waals surface area contributed by atoms with E-state index in [-0.39, 0.29) is 17.5 Å². The van der Waals surface area contributed by atoms with Gasteiger partial charge in [0.15, 0.2) is 5.78 Å². The highest BCUT2D eigenvalue weighted by molar-refractivity contribution is 6.01. The highest BCUT2D eigenvalue weighted by atomic mass is 19.1. The number of benzene rings is 1. The third kappa shape index (κ3) is 3.58. The zero-order chi connectivity index (χ0) is 19.7. The molecule has 0 radical (unpaired) electrons. The number of hydrogen-bond acceptors (Lipinski definition) is 3. The molecule has 6 heteroatoms. The standard InChI is InChI=1S/C22H20FN3O2/c1-13(27)25-20-12-15(8-9-24-20)22-17(11-14-4-2-5-16(23)10-14)21-18(26-22)6-3-7-19(21)28/h2,4-5,8-10,12,26H,3,6-7,11H2,1H3,(H,24,25,27). The van der Waals surface area contributed by atoms with Crippen LogP contribution in [0.5, 0.6) is 0 Å². The van der Waals surface area contributed by atoms with Gasteiger partial charge in [0.2, 0.25) is 5.91 Å². The second kappa shape index (κ2) is 7.38. The molecule has 0 saturated carbocycles. The number of hydrogen-bond donors (Lipinski definition) is 2. The first-order valence-electron chi connectivity index (χ1n) is 9.26. The van der Waals surface area contributed by atoms with E-state index in [0.29, 0.717) is 18.7 Å². The third-order valence-corrected chi connectivity index (χ3v) is 4.91. The second-order valence-electron chi connectivity index (χ2n) is 7.03. The lowest BCUT2D eigenvalue weighted by Gasteiger charge is -2.12. The van der Waals surface area contributed by atoms with Crippen LogP contribution in [0.2, 0.25) is 0 Å². The van der Waals surface area contributed by atoms with E-state index in [0.717, 1.165) is 46.5 Å². The Kier molecular flexibility index (Phi) is 4.77. The molecule has 28 heavy (non-hydrogen) atoms. The van der Waals surface area contributed by atoms with Gasteiger partial charge in [-0.1, -0.05) is 12.1 Å². The summed E-state index contributed by atoms with van der Waals surface area (Å²) in [6.45, 7) is 1.43. The molecule has 0 unspecified atom stereocenters. The van der Waals surface area contributed by atoms with Gasteiger partial charge in [0.1, 0.15) is 11.6 Å². The van der Waals surface area contributed by atoms with Crippen LogP contribution < -0.4 is 5.32 Å². The molecule has 5 nitrogen and oxygen atoms in total. The SMILES string of the molecule is CC(=O)Nc1cc(-c2[nH]c3c(c2Cc2cccc(F)c2)C(=O)CCC3)ccn1. The van der Waals surface area contributed by atoms with Crippen molar-refractivity contribution < 1.29 is 14.0 Å². The van der Waals surface area contributed by atoms with Crippen LogP contribution in [0, 0.1) is 5.82 Å². The largest absolute Gasteiger partial charge is 0.358 e. The van der Waals surface area contributed by atoms with Gasteiger partial charge >= 0.3 is 0 Å². The van der Waals surface area contributed by atoms with E-state index in [2.05, 4.69) is 15.3 Å². The number of amides is 1. The molecule has 142 valence electrons. The van der Waals surface area contributed by atoms with Crippen molar-refractivity contribution in [2.45, 2.75) is 32.6 Å². The second-order valence-corrected chi connectivity index (χ2v) is 7.03. The third-order valence-electron chi connectivity index (χ3n) is 4.91. The first kappa shape index (κ1) is 18.1. The zero-order valence-corrected chi connectivity index (χ0v) is 15.5. The van der Waals surface area contributed by atoms with E-state index in [1.54, 1.807) is 18.3 Å². The molecule has 1 amide bonds. The topological polar surface area (TPSA) is 74.8 Å². The highest BCUT2D eigenvalue weighted by Crippen LogP contribution is 2.35. The number of H-pyrrole nitrogens is 1. The Labute approximate surface area is 162 Å². The smallest absolute Gasteiger partial charge is 0.222 e. The van der Waals surface area contributed by atoms with Crippen molar-refractivity contribution in [1.29, 1.82) is 0 Å². The average Bonchev–Trinajstić information content (AvgIpc) is 3.01. The van der Waals surface area contributed by atoms with Gasteiger partial charge in [-0.15, -0.1) is 0 Å². The Morgan fingerprint density at radius 1 is 1.25 bits per heavy atom. The molecule has 0 atom stereocenters. The molecule has 3 aromatic rings. The van der Waals surface area contributed by atoms with Crippen LogP contribution in [0.3, 0.4) is 0 Å². The fourth-order valence-electron chi connectivity index (χ4n) is 3.78. The fourth-order valence-corrected chi connectivity index (χ4v) is 3.78. The molecule has 2 aromatic heterocycles. The molecule has 1 aliphatic carbocycles. The van der Waals surface area contributed by atoms with E-state index in [4.69, 9.17) is 0 Å². The molecular weight excluding hydrogens is 357 g/mol. The summed E-state index contributed by atoms with van der Waals surface area (Å²) in [4.78, 5) is 31.6. The van der Waals surface area contributed by atoms with Gasteiger partial charge in [-0.05, 0) is 48.2 Å². The number of halogens is 1. The number of Topliss-reactive ketones (excluding diaryl/α,β-unsaturated/α-hetero) is 1. The number of nitrogens with zero attached hydrogens (tertiary/aromatic N) is 1. The number of carbonyl (C=O) groups is 2. The minimum absolute atomic E-state index is 0.117. The van der Waals surface area contributed by atoms with Crippen LogP contribution in [0.4, 0.5) is 10.2 Å². The summed E-state index contributed by atoms with van der Waals surface area (Å²) >= 11 is 0. The van der Waals surface area contributed by atoms with Gasteiger partial charge < -0.3 is 10.3 Å². The van der Waals surface area contributed by atoms with Crippen LogP contribution in [-0.4, -0.2) is 21.7 Å².